The minimum absolute atomic E-state index is 0. The molecule has 0 aliphatic rings. The van der Waals surface area contributed by atoms with Crippen LogP contribution in [0.5, 0.6) is 0 Å². The first-order valence-electron chi connectivity index (χ1n) is 8.22. The summed E-state index contributed by atoms with van der Waals surface area (Å²) in [5.74, 6) is -0.150. The lowest BCUT2D eigenvalue weighted by Gasteiger charge is -2.17. The van der Waals surface area contributed by atoms with E-state index in [2.05, 4.69) is 15.1 Å². The van der Waals surface area contributed by atoms with Crippen LogP contribution in [0.2, 0.25) is 0 Å². The van der Waals surface area contributed by atoms with Gasteiger partial charge >= 0.3 is 0 Å². The summed E-state index contributed by atoms with van der Waals surface area (Å²) in [4.78, 5) is 20.3. The van der Waals surface area contributed by atoms with Gasteiger partial charge in [0.2, 0.25) is 11.9 Å². The van der Waals surface area contributed by atoms with Gasteiger partial charge in [-0.3, -0.25) is 14.7 Å². The summed E-state index contributed by atoms with van der Waals surface area (Å²) in [5.41, 5.74) is 2.29. The highest BCUT2D eigenvalue weighted by Crippen LogP contribution is 2.29. The van der Waals surface area contributed by atoms with Gasteiger partial charge in [0.1, 0.15) is 5.82 Å². The van der Waals surface area contributed by atoms with Gasteiger partial charge in [-0.25, -0.2) is 14.2 Å². The Morgan fingerprint density at radius 3 is 2.48 bits per heavy atom. The fourth-order valence-electron chi connectivity index (χ4n) is 2.72. The number of fused-ring (bicyclic) bond motifs is 1. The number of aromatic nitrogens is 2. The molecule has 140 valence electrons. The molecule has 0 saturated carbocycles. The number of amides is 1. The van der Waals surface area contributed by atoms with Gasteiger partial charge in [0.25, 0.3) is 0 Å². The number of rotatable bonds is 3. The van der Waals surface area contributed by atoms with Crippen molar-refractivity contribution in [2.45, 2.75) is 34.6 Å². The molecule has 1 heterocycles. The van der Waals surface area contributed by atoms with Gasteiger partial charge in [-0.2, -0.15) is 0 Å². The van der Waals surface area contributed by atoms with Crippen LogP contribution in [-0.4, -0.2) is 15.5 Å². The van der Waals surface area contributed by atoms with Crippen LogP contribution in [0.15, 0.2) is 42.5 Å². The first-order valence-corrected chi connectivity index (χ1v) is 8.22. The van der Waals surface area contributed by atoms with E-state index in [0.29, 0.717) is 34.8 Å². The Morgan fingerprint density at radius 1 is 1.22 bits per heavy atom. The van der Waals surface area contributed by atoms with Crippen molar-refractivity contribution < 1.29 is 9.18 Å². The normalized spacial score (nSPS) is 10.9. The van der Waals surface area contributed by atoms with E-state index in [1.54, 1.807) is 34.9 Å². The number of nitrogens with zero attached hydrogens (tertiary/aromatic N) is 3. The SMILES string of the molecule is C.[C-]#[N+]c1ccc2nc(NC(=O)CC(C)(C)C)n(-c3ccc(F)cc3)c2c1. The Hall–Kier alpha value is -3.20. The highest BCUT2D eigenvalue weighted by molar-refractivity contribution is 5.93. The molecule has 5 nitrogen and oxygen atoms in total. The smallest absolute Gasteiger partial charge is 0.227 e. The van der Waals surface area contributed by atoms with E-state index in [9.17, 15) is 9.18 Å². The molecule has 3 aromatic rings. The van der Waals surface area contributed by atoms with Crippen LogP contribution in [0.25, 0.3) is 21.6 Å². The quantitative estimate of drug-likeness (QED) is 0.602. The van der Waals surface area contributed by atoms with Crippen molar-refractivity contribution in [2.24, 2.45) is 5.41 Å². The van der Waals surface area contributed by atoms with Gasteiger partial charge in [0, 0.05) is 12.1 Å². The average molecular weight is 366 g/mol. The zero-order chi connectivity index (χ0) is 18.9. The number of carbonyl (C=O) groups is 1. The molecule has 2 aromatic carbocycles. The molecule has 0 unspecified atom stereocenters. The monoisotopic (exact) mass is 366 g/mol. The minimum atomic E-state index is -0.349. The number of benzene rings is 2. The third-order valence-electron chi connectivity index (χ3n) is 3.79. The Balaban J connectivity index is 0.00000261. The molecule has 3 rings (SSSR count). The van der Waals surface area contributed by atoms with Crippen LogP contribution in [0, 0.1) is 17.8 Å². The molecular formula is C21H23FN4O. The van der Waals surface area contributed by atoms with E-state index in [1.165, 1.54) is 12.1 Å². The maximum atomic E-state index is 13.3. The number of carbonyl (C=O) groups excluding carboxylic acids is 1. The van der Waals surface area contributed by atoms with E-state index in [1.807, 2.05) is 20.8 Å². The van der Waals surface area contributed by atoms with Crippen molar-refractivity contribution in [3.63, 3.8) is 0 Å². The average Bonchev–Trinajstić information content (AvgIpc) is 2.90. The molecule has 6 heteroatoms. The van der Waals surface area contributed by atoms with Crippen molar-refractivity contribution in [1.29, 1.82) is 0 Å². The standard InChI is InChI=1S/C20H19FN4O.CH4/c1-20(2,3)12-18(26)24-19-23-16-10-7-14(22-4)11-17(16)25(19)15-8-5-13(21)6-9-15;/h5-11H,12H2,1-3H3,(H,23,24,26);1H4. The van der Waals surface area contributed by atoms with Gasteiger partial charge in [0.15, 0.2) is 5.69 Å². The summed E-state index contributed by atoms with van der Waals surface area (Å²) in [6.07, 6.45) is 0.340. The maximum absolute atomic E-state index is 13.3. The Bertz CT molecular complexity index is 1010. The highest BCUT2D eigenvalue weighted by atomic mass is 19.1. The lowest BCUT2D eigenvalue weighted by atomic mass is 9.92. The molecule has 1 amide bonds. The molecule has 0 bridgehead atoms. The number of hydrogen-bond donors (Lipinski definition) is 1. The number of halogens is 1. The summed E-state index contributed by atoms with van der Waals surface area (Å²) in [7, 11) is 0. The molecule has 0 aliphatic heterocycles. The molecule has 27 heavy (non-hydrogen) atoms. The van der Waals surface area contributed by atoms with Crippen LogP contribution >= 0.6 is 0 Å². The number of hydrogen-bond acceptors (Lipinski definition) is 2. The van der Waals surface area contributed by atoms with Crippen LogP contribution in [-0.2, 0) is 4.79 Å². The molecule has 0 spiro atoms. The van der Waals surface area contributed by atoms with Gasteiger partial charge in [-0.05, 0) is 41.8 Å². The summed E-state index contributed by atoms with van der Waals surface area (Å²) in [6.45, 7) is 13.2. The second-order valence-electron chi connectivity index (χ2n) is 7.32. The lowest BCUT2D eigenvalue weighted by Crippen LogP contribution is -2.21. The zero-order valence-electron chi connectivity index (χ0n) is 14.9. The summed E-state index contributed by atoms with van der Waals surface area (Å²) < 4.78 is 15.0. The van der Waals surface area contributed by atoms with E-state index < -0.39 is 0 Å². The van der Waals surface area contributed by atoms with E-state index in [-0.39, 0.29) is 24.6 Å². The van der Waals surface area contributed by atoms with Crippen LogP contribution in [0.3, 0.4) is 0 Å². The molecule has 1 aromatic heterocycles. The summed E-state index contributed by atoms with van der Waals surface area (Å²) >= 11 is 0. The number of imidazole rings is 1. The summed E-state index contributed by atoms with van der Waals surface area (Å²) in [6, 6.07) is 11.0. The Morgan fingerprint density at radius 2 is 1.89 bits per heavy atom. The fourth-order valence-corrected chi connectivity index (χ4v) is 2.72. The van der Waals surface area contributed by atoms with Crippen LogP contribution in [0.1, 0.15) is 34.6 Å². The van der Waals surface area contributed by atoms with Crippen LogP contribution in [0.4, 0.5) is 16.0 Å². The molecular weight excluding hydrogens is 343 g/mol. The first-order chi connectivity index (χ1) is 12.3. The molecule has 0 atom stereocenters. The topological polar surface area (TPSA) is 51.3 Å². The van der Waals surface area contributed by atoms with E-state index in [4.69, 9.17) is 6.57 Å². The fraction of sp³-hybridized carbons (Fsp3) is 0.286. The van der Waals surface area contributed by atoms with Crippen molar-refractivity contribution >= 4 is 28.6 Å². The molecule has 0 fully saturated rings. The highest BCUT2D eigenvalue weighted by Gasteiger charge is 2.19. The van der Waals surface area contributed by atoms with Gasteiger partial charge in [-0.1, -0.05) is 34.3 Å². The zero-order valence-corrected chi connectivity index (χ0v) is 14.9. The van der Waals surface area contributed by atoms with E-state index >= 15 is 0 Å². The first kappa shape index (κ1) is 20.1. The lowest BCUT2D eigenvalue weighted by molar-refractivity contribution is -0.117. The van der Waals surface area contributed by atoms with Gasteiger partial charge in [0.05, 0.1) is 17.6 Å². The summed E-state index contributed by atoms with van der Waals surface area (Å²) in [5, 5.41) is 2.85. The predicted molar refractivity (Wildman–Crippen MR) is 107 cm³/mol. The molecule has 1 N–H and O–H groups in total. The second kappa shape index (κ2) is 7.58. The molecule has 0 saturated heterocycles. The van der Waals surface area contributed by atoms with Gasteiger partial charge < -0.3 is 0 Å². The van der Waals surface area contributed by atoms with Crippen molar-refractivity contribution in [1.82, 2.24) is 9.55 Å². The molecule has 0 radical (unpaired) electrons. The third kappa shape index (κ3) is 4.50. The third-order valence-corrected chi connectivity index (χ3v) is 3.79. The van der Waals surface area contributed by atoms with Gasteiger partial charge in [-0.15, -0.1) is 0 Å². The molecule has 0 aliphatic carbocycles. The van der Waals surface area contributed by atoms with Crippen LogP contribution < -0.4 is 5.32 Å². The van der Waals surface area contributed by atoms with Crippen molar-refractivity contribution in [3.05, 3.63) is 59.7 Å². The minimum Gasteiger partial charge on any atom is -0.296 e. The Labute approximate surface area is 158 Å². The second-order valence-corrected chi connectivity index (χ2v) is 7.32. The Kier molecular flexibility index (Phi) is 5.65. The number of anilines is 1. The predicted octanol–water partition coefficient (Wildman–Crippen LogP) is 5.73. The van der Waals surface area contributed by atoms with Crippen molar-refractivity contribution in [2.75, 3.05) is 5.32 Å². The van der Waals surface area contributed by atoms with Crippen molar-refractivity contribution in [3.8, 4) is 5.69 Å². The number of nitrogens with one attached hydrogen (secondary N) is 1. The van der Waals surface area contributed by atoms with E-state index in [0.717, 1.165) is 0 Å². The largest absolute Gasteiger partial charge is 0.296 e. The maximum Gasteiger partial charge on any atom is 0.227 e.